The van der Waals surface area contributed by atoms with Crippen LogP contribution in [0.5, 0.6) is 0 Å². The summed E-state index contributed by atoms with van der Waals surface area (Å²) in [6.45, 7) is 4.52. The molecule has 1 amide bonds. The van der Waals surface area contributed by atoms with Gasteiger partial charge in [-0.05, 0) is 48.7 Å². The fourth-order valence-corrected chi connectivity index (χ4v) is 3.42. The zero-order chi connectivity index (χ0) is 21.5. The standard InChI is InChI=1S/C23H30FN5O/c1-4-25-23(27-16-18-9-12-21(28(2)3)20(24)14-18)26-15-17-7-10-19(11-8-17)29-13-5-6-22(29)30/h7-12,14H,4-6,13,15-16H2,1-3H3,(H2,25,26,27). The molecule has 1 aliphatic rings. The summed E-state index contributed by atoms with van der Waals surface area (Å²) in [4.78, 5) is 20.0. The van der Waals surface area contributed by atoms with Crippen molar-refractivity contribution in [3.8, 4) is 0 Å². The molecule has 2 aromatic carbocycles. The minimum absolute atomic E-state index is 0.192. The van der Waals surface area contributed by atoms with E-state index in [0.717, 1.165) is 36.3 Å². The van der Waals surface area contributed by atoms with Crippen molar-refractivity contribution in [3.63, 3.8) is 0 Å². The van der Waals surface area contributed by atoms with Gasteiger partial charge in [-0.25, -0.2) is 9.38 Å². The van der Waals surface area contributed by atoms with Gasteiger partial charge in [0.1, 0.15) is 5.82 Å². The molecular weight excluding hydrogens is 381 g/mol. The van der Waals surface area contributed by atoms with Crippen LogP contribution in [0.25, 0.3) is 0 Å². The second-order valence-electron chi connectivity index (χ2n) is 7.54. The molecule has 0 aromatic heterocycles. The molecule has 0 unspecified atom stereocenters. The highest BCUT2D eigenvalue weighted by Gasteiger charge is 2.21. The average molecular weight is 412 g/mol. The Labute approximate surface area is 177 Å². The zero-order valence-corrected chi connectivity index (χ0v) is 17.9. The van der Waals surface area contributed by atoms with E-state index in [4.69, 9.17) is 0 Å². The Hall–Kier alpha value is -3.09. The normalized spacial score (nSPS) is 14.2. The predicted molar refractivity (Wildman–Crippen MR) is 120 cm³/mol. The summed E-state index contributed by atoms with van der Waals surface area (Å²) in [5, 5.41) is 6.52. The maximum atomic E-state index is 14.2. The zero-order valence-electron chi connectivity index (χ0n) is 17.9. The lowest BCUT2D eigenvalue weighted by molar-refractivity contribution is -0.117. The molecule has 0 radical (unpaired) electrons. The van der Waals surface area contributed by atoms with E-state index in [0.29, 0.717) is 31.2 Å². The Morgan fingerprint density at radius 1 is 1.13 bits per heavy atom. The van der Waals surface area contributed by atoms with Gasteiger partial charge < -0.3 is 20.4 Å². The molecule has 7 heteroatoms. The van der Waals surface area contributed by atoms with Gasteiger partial charge in [-0.1, -0.05) is 18.2 Å². The quantitative estimate of drug-likeness (QED) is 0.542. The average Bonchev–Trinajstić information content (AvgIpc) is 3.16. The Balaban J connectivity index is 1.60. The predicted octanol–water partition coefficient (Wildman–Crippen LogP) is 3.27. The summed E-state index contributed by atoms with van der Waals surface area (Å²) in [5.41, 5.74) is 3.42. The minimum Gasteiger partial charge on any atom is -0.375 e. The summed E-state index contributed by atoms with van der Waals surface area (Å²) in [7, 11) is 3.64. The molecule has 6 nitrogen and oxygen atoms in total. The molecule has 1 saturated heterocycles. The molecule has 0 saturated carbocycles. The SMILES string of the molecule is CCNC(=NCc1ccc(N(C)C)c(F)c1)NCc1ccc(N2CCCC2=O)cc1. The van der Waals surface area contributed by atoms with E-state index in [2.05, 4.69) is 15.6 Å². The number of rotatable bonds is 7. The smallest absolute Gasteiger partial charge is 0.227 e. The first-order valence-corrected chi connectivity index (χ1v) is 10.3. The molecule has 0 bridgehead atoms. The highest BCUT2D eigenvalue weighted by molar-refractivity contribution is 5.95. The third kappa shape index (κ3) is 5.49. The van der Waals surface area contributed by atoms with Crippen LogP contribution in [0.4, 0.5) is 15.8 Å². The summed E-state index contributed by atoms with van der Waals surface area (Å²) in [6, 6.07) is 13.2. The van der Waals surface area contributed by atoms with Crippen molar-refractivity contribution in [3.05, 3.63) is 59.4 Å². The van der Waals surface area contributed by atoms with Crippen LogP contribution in [0.15, 0.2) is 47.5 Å². The molecule has 1 fully saturated rings. The van der Waals surface area contributed by atoms with E-state index in [9.17, 15) is 9.18 Å². The van der Waals surface area contributed by atoms with Gasteiger partial charge in [-0.2, -0.15) is 0 Å². The van der Waals surface area contributed by atoms with E-state index < -0.39 is 0 Å². The maximum Gasteiger partial charge on any atom is 0.227 e. The monoisotopic (exact) mass is 411 g/mol. The third-order valence-electron chi connectivity index (χ3n) is 5.04. The Morgan fingerprint density at radius 2 is 1.87 bits per heavy atom. The van der Waals surface area contributed by atoms with Crippen LogP contribution in [-0.2, 0) is 17.9 Å². The number of benzene rings is 2. The third-order valence-corrected chi connectivity index (χ3v) is 5.04. The lowest BCUT2D eigenvalue weighted by Crippen LogP contribution is -2.36. The van der Waals surface area contributed by atoms with Gasteiger partial charge in [0.05, 0.1) is 12.2 Å². The number of carbonyl (C=O) groups is 1. The molecule has 0 atom stereocenters. The van der Waals surface area contributed by atoms with Gasteiger partial charge in [0, 0.05) is 45.8 Å². The highest BCUT2D eigenvalue weighted by Crippen LogP contribution is 2.21. The van der Waals surface area contributed by atoms with Gasteiger partial charge in [-0.3, -0.25) is 4.79 Å². The number of guanidine groups is 1. The van der Waals surface area contributed by atoms with Crippen LogP contribution in [0.1, 0.15) is 30.9 Å². The van der Waals surface area contributed by atoms with Gasteiger partial charge in [-0.15, -0.1) is 0 Å². The van der Waals surface area contributed by atoms with Gasteiger partial charge in [0.15, 0.2) is 5.96 Å². The van der Waals surface area contributed by atoms with Crippen LogP contribution in [0.2, 0.25) is 0 Å². The molecule has 3 rings (SSSR count). The Bertz CT molecular complexity index is 895. The molecule has 1 heterocycles. The summed E-state index contributed by atoms with van der Waals surface area (Å²) in [5.74, 6) is 0.619. The number of amides is 1. The van der Waals surface area contributed by atoms with Gasteiger partial charge in [0.25, 0.3) is 0 Å². The largest absolute Gasteiger partial charge is 0.375 e. The van der Waals surface area contributed by atoms with Crippen LogP contribution >= 0.6 is 0 Å². The van der Waals surface area contributed by atoms with Crippen molar-refractivity contribution in [2.24, 2.45) is 4.99 Å². The molecule has 2 aromatic rings. The van der Waals surface area contributed by atoms with Crippen molar-refractivity contribution in [1.29, 1.82) is 0 Å². The maximum absolute atomic E-state index is 14.2. The van der Waals surface area contributed by atoms with E-state index in [1.807, 2.05) is 56.3 Å². The summed E-state index contributed by atoms with van der Waals surface area (Å²) >= 11 is 0. The molecule has 0 aliphatic carbocycles. The number of aliphatic imine (C=N–C) groups is 1. The van der Waals surface area contributed by atoms with E-state index in [-0.39, 0.29) is 11.7 Å². The van der Waals surface area contributed by atoms with Crippen molar-refractivity contribution in [2.45, 2.75) is 32.9 Å². The first-order chi connectivity index (χ1) is 14.5. The lowest BCUT2D eigenvalue weighted by atomic mass is 10.2. The summed E-state index contributed by atoms with van der Waals surface area (Å²) in [6.07, 6.45) is 1.56. The second-order valence-corrected chi connectivity index (χ2v) is 7.54. The summed E-state index contributed by atoms with van der Waals surface area (Å²) < 4.78 is 14.2. The lowest BCUT2D eigenvalue weighted by Gasteiger charge is -2.16. The van der Waals surface area contributed by atoms with Crippen LogP contribution < -0.4 is 20.4 Å². The molecule has 1 aliphatic heterocycles. The number of nitrogens with zero attached hydrogens (tertiary/aromatic N) is 3. The number of halogens is 1. The molecule has 2 N–H and O–H groups in total. The van der Waals surface area contributed by atoms with Crippen molar-refractivity contribution in [2.75, 3.05) is 37.0 Å². The Kier molecular flexibility index (Phi) is 7.27. The number of anilines is 2. The first kappa shape index (κ1) is 21.6. The van der Waals surface area contributed by atoms with Crippen LogP contribution in [0.3, 0.4) is 0 Å². The minimum atomic E-state index is -0.248. The van der Waals surface area contributed by atoms with Gasteiger partial charge >= 0.3 is 0 Å². The topological polar surface area (TPSA) is 60.0 Å². The molecular formula is C23H30FN5O. The fourth-order valence-electron chi connectivity index (χ4n) is 3.42. The number of nitrogens with one attached hydrogen (secondary N) is 2. The van der Waals surface area contributed by atoms with Crippen LogP contribution in [0, 0.1) is 5.82 Å². The number of hydrogen-bond donors (Lipinski definition) is 2. The molecule has 0 spiro atoms. The highest BCUT2D eigenvalue weighted by atomic mass is 19.1. The van der Waals surface area contributed by atoms with E-state index >= 15 is 0 Å². The molecule has 30 heavy (non-hydrogen) atoms. The molecule has 160 valence electrons. The number of carbonyl (C=O) groups excluding carboxylic acids is 1. The van der Waals surface area contributed by atoms with E-state index in [1.165, 1.54) is 6.07 Å². The van der Waals surface area contributed by atoms with Gasteiger partial charge in [0.2, 0.25) is 5.91 Å². The number of hydrogen-bond acceptors (Lipinski definition) is 3. The van der Waals surface area contributed by atoms with E-state index in [1.54, 1.807) is 11.0 Å². The van der Waals surface area contributed by atoms with Crippen molar-refractivity contribution < 1.29 is 9.18 Å². The first-order valence-electron chi connectivity index (χ1n) is 10.3. The van der Waals surface area contributed by atoms with Crippen molar-refractivity contribution in [1.82, 2.24) is 10.6 Å². The van der Waals surface area contributed by atoms with Crippen molar-refractivity contribution >= 4 is 23.2 Å². The Morgan fingerprint density at radius 3 is 2.47 bits per heavy atom. The fraction of sp³-hybridized carbons (Fsp3) is 0.391. The van der Waals surface area contributed by atoms with Crippen LogP contribution in [-0.4, -0.2) is 39.1 Å². The second kappa shape index (κ2) is 10.1.